The Bertz CT molecular complexity index is 1160. The Morgan fingerprint density at radius 2 is 2.03 bits per heavy atom. The first-order chi connectivity index (χ1) is 16.6. The van der Waals surface area contributed by atoms with E-state index in [-0.39, 0.29) is 24.2 Å². The molecule has 2 heterocycles. The standard InChI is InChI=1S/C26H33N7O2/c1-6-18(25(35)29-5)11-19(8-10-27)20-12-23(33-31-14-20)22-13-21(15-30-17(22)2)32-24(34)7-9-26(3,4)16-28/h8,10-15,18H,6-7,9,27H2,1-5H3,(H,29,35)(H,32,34)/b10-8-,19-11+. The lowest BCUT2D eigenvalue weighted by molar-refractivity contribution is -0.123. The van der Waals surface area contributed by atoms with Crippen molar-refractivity contribution < 1.29 is 9.59 Å². The van der Waals surface area contributed by atoms with Gasteiger partial charge in [-0.05, 0) is 63.6 Å². The molecule has 0 aliphatic rings. The predicted octanol–water partition coefficient (Wildman–Crippen LogP) is 3.74. The van der Waals surface area contributed by atoms with Crippen LogP contribution in [-0.2, 0) is 9.59 Å². The second-order valence-electron chi connectivity index (χ2n) is 8.84. The van der Waals surface area contributed by atoms with Crippen molar-refractivity contribution in [1.82, 2.24) is 20.5 Å². The fraction of sp³-hybridized carbons (Fsp3) is 0.385. The minimum atomic E-state index is -0.568. The van der Waals surface area contributed by atoms with Crippen molar-refractivity contribution >= 4 is 23.1 Å². The molecule has 0 saturated carbocycles. The van der Waals surface area contributed by atoms with Gasteiger partial charge in [-0.3, -0.25) is 14.6 Å². The third kappa shape index (κ3) is 7.74. The molecule has 9 heteroatoms. The monoisotopic (exact) mass is 475 g/mol. The van der Waals surface area contributed by atoms with Gasteiger partial charge in [-0.1, -0.05) is 13.0 Å². The average molecular weight is 476 g/mol. The van der Waals surface area contributed by atoms with Crippen molar-refractivity contribution in [2.75, 3.05) is 12.4 Å². The van der Waals surface area contributed by atoms with Crippen LogP contribution in [0.2, 0.25) is 0 Å². The van der Waals surface area contributed by atoms with Gasteiger partial charge in [0.15, 0.2) is 0 Å². The van der Waals surface area contributed by atoms with E-state index in [1.165, 1.54) is 6.20 Å². The molecule has 184 valence electrons. The highest BCUT2D eigenvalue weighted by molar-refractivity contribution is 5.91. The number of carbonyl (C=O) groups excluding carboxylic acids is 2. The molecule has 35 heavy (non-hydrogen) atoms. The Hall–Kier alpha value is -4.06. The van der Waals surface area contributed by atoms with Crippen LogP contribution in [0.1, 0.15) is 51.3 Å². The molecule has 0 aliphatic heterocycles. The molecule has 0 bridgehead atoms. The Balaban J connectivity index is 2.36. The molecule has 0 aliphatic carbocycles. The van der Waals surface area contributed by atoms with Crippen molar-refractivity contribution in [3.05, 3.63) is 54.1 Å². The lowest BCUT2D eigenvalue weighted by Crippen LogP contribution is -2.25. The van der Waals surface area contributed by atoms with Crippen LogP contribution in [0.3, 0.4) is 0 Å². The summed E-state index contributed by atoms with van der Waals surface area (Å²) in [7, 11) is 1.61. The minimum Gasteiger partial charge on any atom is -0.405 e. The maximum Gasteiger partial charge on any atom is 0.226 e. The molecule has 1 unspecified atom stereocenters. The smallest absolute Gasteiger partial charge is 0.226 e. The SMILES string of the molecule is CCC(/C=C(\C=C/N)c1cnnc(-c2cc(NC(=O)CCC(C)(C)C#N)cnc2C)c1)C(=O)NC. The summed E-state index contributed by atoms with van der Waals surface area (Å²) in [5, 5.41) is 23.1. The number of nitrogens with two attached hydrogens (primary N) is 1. The van der Waals surface area contributed by atoms with Crippen LogP contribution < -0.4 is 16.4 Å². The molecule has 9 nitrogen and oxygen atoms in total. The number of aromatic nitrogens is 3. The van der Waals surface area contributed by atoms with Crippen molar-refractivity contribution in [3.63, 3.8) is 0 Å². The minimum absolute atomic E-state index is 0.0840. The normalized spacial score (nSPS) is 12.7. The second-order valence-corrected chi connectivity index (χ2v) is 8.84. The molecule has 2 aromatic rings. The van der Waals surface area contributed by atoms with E-state index < -0.39 is 5.41 Å². The lowest BCUT2D eigenvalue weighted by Gasteiger charge is -2.15. The summed E-state index contributed by atoms with van der Waals surface area (Å²) >= 11 is 0. The van der Waals surface area contributed by atoms with Crippen molar-refractivity contribution in [1.29, 1.82) is 5.26 Å². The lowest BCUT2D eigenvalue weighted by atomic mass is 9.90. The Kier molecular flexibility index (Phi) is 9.64. The number of hydrogen-bond donors (Lipinski definition) is 3. The van der Waals surface area contributed by atoms with Gasteiger partial charge < -0.3 is 16.4 Å². The summed E-state index contributed by atoms with van der Waals surface area (Å²) in [6, 6.07) is 5.84. The van der Waals surface area contributed by atoms with Crippen molar-refractivity contribution in [3.8, 4) is 17.3 Å². The zero-order chi connectivity index (χ0) is 26.0. The molecular weight excluding hydrogens is 442 g/mol. The van der Waals surface area contributed by atoms with E-state index in [0.29, 0.717) is 29.8 Å². The van der Waals surface area contributed by atoms with Crippen LogP contribution >= 0.6 is 0 Å². The predicted molar refractivity (Wildman–Crippen MR) is 136 cm³/mol. The van der Waals surface area contributed by atoms with E-state index in [9.17, 15) is 9.59 Å². The Morgan fingerprint density at radius 3 is 2.66 bits per heavy atom. The zero-order valence-electron chi connectivity index (χ0n) is 20.9. The van der Waals surface area contributed by atoms with Gasteiger partial charge >= 0.3 is 0 Å². The van der Waals surface area contributed by atoms with Crippen LogP contribution in [0.5, 0.6) is 0 Å². The molecule has 4 N–H and O–H groups in total. The maximum absolute atomic E-state index is 12.4. The highest BCUT2D eigenvalue weighted by Crippen LogP contribution is 2.27. The van der Waals surface area contributed by atoms with E-state index in [1.54, 1.807) is 45.4 Å². The number of nitrogens with one attached hydrogen (secondary N) is 2. The maximum atomic E-state index is 12.4. The summed E-state index contributed by atoms with van der Waals surface area (Å²) < 4.78 is 0. The Morgan fingerprint density at radius 1 is 1.29 bits per heavy atom. The van der Waals surface area contributed by atoms with Gasteiger partial charge in [-0.2, -0.15) is 15.5 Å². The Labute approximate surface area is 206 Å². The number of amides is 2. The number of allylic oxidation sites excluding steroid dienone is 2. The molecule has 2 amide bonds. The summed E-state index contributed by atoms with van der Waals surface area (Å²) in [6.07, 6.45) is 9.49. The topological polar surface area (TPSA) is 147 Å². The molecule has 1 atom stereocenters. The van der Waals surface area contributed by atoms with Gasteiger partial charge in [-0.15, -0.1) is 0 Å². The van der Waals surface area contributed by atoms with E-state index in [4.69, 9.17) is 11.0 Å². The number of carbonyl (C=O) groups is 2. The van der Waals surface area contributed by atoms with Crippen LogP contribution in [0.25, 0.3) is 16.8 Å². The van der Waals surface area contributed by atoms with E-state index in [1.807, 2.05) is 26.0 Å². The van der Waals surface area contributed by atoms with Crippen molar-refractivity contribution in [2.24, 2.45) is 17.1 Å². The number of anilines is 1. The molecule has 0 radical (unpaired) electrons. The molecule has 0 aromatic carbocycles. The molecule has 2 aromatic heterocycles. The van der Waals surface area contributed by atoms with Gasteiger partial charge in [0.05, 0.1) is 41.2 Å². The third-order valence-electron chi connectivity index (χ3n) is 5.59. The molecule has 2 rings (SSSR count). The first kappa shape index (κ1) is 27.2. The fourth-order valence-corrected chi connectivity index (χ4v) is 3.36. The summed E-state index contributed by atoms with van der Waals surface area (Å²) in [4.78, 5) is 29.0. The van der Waals surface area contributed by atoms with Gasteiger partial charge in [0.25, 0.3) is 0 Å². The van der Waals surface area contributed by atoms with Crippen LogP contribution in [0, 0.1) is 29.6 Å². The second kappa shape index (κ2) is 12.4. The summed E-state index contributed by atoms with van der Waals surface area (Å²) in [5.41, 5.74) is 9.11. The number of pyridine rings is 1. The van der Waals surface area contributed by atoms with Crippen LogP contribution in [0.4, 0.5) is 5.69 Å². The molecule has 0 spiro atoms. The van der Waals surface area contributed by atoms with Crippen LogP contribution in [-0.4, -0.2) is 34.0 Å². The quantitative estimate of drug-likeness (QED) is 0.443. The zero-order valence-corrected chi connectivity index (χ0v) is 20.9. The number of hydrogen-bond acceptors (Lipinski definition) is 7. The average Bonchev–Trinajstić information content (AvgIpc) is 2.86. The highest BCUT2D eigenvalue weighted by Gasteiger charge is 2.19. The van der Waals surface area contributed by atoms with Gasteiger partial charge in [0, 0.05) is 30.3 Å². The largest absolute Gasteiger partial charge is 0.405 e. The first-order valence-electron chi connectivity index (χ1n) is 11.5. The third-order valence-corrected chi connectivity index (χ3v) is 5.59. The van der Waals surface area contributed by atoms with E-state index in [2.05, 4.69) is 31.9 Å². The number of aryl methyl sites for hydroxylation is 1. The van der Waals surface area contributed by atoms with E-state index in [0.717, 1.165) is 16.8 Å². The number of rotatable bonds is 10. The first-order valence-corrected chi connectivity index (χ1v) is 11.5. The summed E-state index contributed by atoms with van der Waals surface area (Å²) in [5.74, 6) is -0.599. The molecular formula is C26H33N7O2. The molecule has 0 fully saturated rings. The fourth-order valence-electron chi connectivity index (χ4n) is 3.36. The number of nitriles is 1. The van der Waals surface area contributed by atoms with Gasteiger partial charge in [-0.25, -0.2) is 0 Å². The van der Waals surface area contributed by atoms with Crippen molar-refractivity contribution in [2.45, 2.75) is 47.0 Å². The van der Waals surface area contributed by atoms with Gasteiger partial charge in [0.2, 0.25) is 11.8 Å². The van der Waals surface area contributed by atoms with E-state index >= 15 is 0 Å². The van der Waals surface area contributed by atoms with Crippen LogP contribution in [0.15, 0.2) is 42.9 Å². The number of nitrogens with zero attached hydrogens (tertiary/aromatic N) is 4. The highest BCUT2D eigenvalue weighted by atomic mass is 16.2. The molecule has 0 saturated heterocycles. The summed E-state index contributed by atoms with van der Waals surface area (Å²) in [6.45, 7) is 7.39. The van der Waals surface area contributed by atoms with Gasteiger partial charge in [0.1, 0.15) is 0 Å².